The summed E-state index contributed by atoms with van der Waals surface area (Å²) < 4.78 is 0. The molecule has 0 atom stereocenters. The SMILES string of the molecule is O=C1NN1O. The molecule has 0 aromatic heterocycles. The van der Waals surface area contributed by atoms with E-state index in [-0.39, 0.29) is 0 Å². The molecular weight excluding hydrogens is 72.0 g/mol. The first kappa shape index (κ1) is 2.47. The summed E-state index contributed by atoms with van der Waals surface area (Å²) in [6, 6.07) is -0.440. The van der Waals surface area contributed by atoms with Gasteiger partial charge in [0.15, 0.2) is 0 Å². The van der Waals surface area contributed by atoms with Crippen LogP contribution in [0.3, 0.4) is 0 Å². The molecule has 0 radical (unpaired) electrons. The first-order valence-corrected chi connectivity index (χ1v) is 1.10. The van der Waals surface area contributed by atoms with Gasteiger partial charge in [0, 0.05) is 0 Å². The summed E-state index contributed by atoms with van der Waals surface area (Å²) in [5, 5.41) is 8.21. The molecule has 0 saturated carbocycles. The molecule has 1 aliphatic rings. The van der Waals surface area contributed by atoms with Crippen molar-refractivity contribution in [3.63, 3.8) is 0 Å². The summed E-state index contributed by atoms with van der Waals surface area (Å²) >= 11 is 0. The fraction of sp³-hybridized carbons (Fsp3) is 0. The topological polar surface area (TPSA) is 62.2 Å². The third-order valence-electron chi connectivity index (χ3n) is 0.344. The molecule has 1 rings (SSSR count). The minimum atomic E-state index is -0.440. The molecule has 0 bridgehead atoms. The highest BCUT2D eigenvalue weighted by Crippen LogP contribution is 1.88. The predicted molar refractivity (Wildman–Crippen MR) is 12.2 cm³/mol. The molecule has 4 heteroatoms. The molecule has 1 heterocycles. The summed E-state index contributed by atoms with van der Waals surface area (Å²) in [5.74, 6) is 0. The lowest BCUT2D eigenvalue weighted by atomic mass is 11.3. The highest BCUT2D eigenvalue weighted by Gasteiger charge is 2.26. The fourth-order valence-corrected chi connectivity index (χ4v) is 0.0656. The Balaban J connectivity index is 2.47. The van der Waals surface area contributed by atoms with Gasteiger partial charge in [0.1, 0.15) is 0 Å². The van der Waals surface area contributed by atoms with Gasteiger partial charge in [0.25, 0.3) is 0 Å². The van der Waals surface area contributed by atoms with E-state index in [1.54, 1.807) is 0 Å². The Labute approximate surface area is 27.9 Å². The number of hydrazine groups is 1. The highest BCUT2D eigenvalue weighted by atomic mass is 16.6. The van der Waals surface area contributed by atoms with Gasteiger partial charge in [-0.1, -0.05) is 0 Å². The molecule has 4 nitrogen and oxygen atoms in total. The Morgan fingerprint density at radius 3 is 2.20 bits per heavy atom. The van der Waals surface area contributed by atoms with Crippen LogP contribution in [0.4, 0.5) is 4.79 Å². The van der Waals surface area contributed by atoms with Crippen LogP contribution in [-0.4, -0.2) is 16.4 Å². The van der Waals surface area contributed by atoms with Gasteiger partial charge in [-0.15, -0.1) is 5.17 Å². The van der Waals surface area contributed by atoms with Crippen LogP contribution in [0.1, 0.15) is 0 Å². The molecule has 0 aromatic carbocycles. The van der Waals surface area contributed by atoms with Crippen LogP contribution in [0.5, 0.6) is 0 Å². The van der Waals surface area contributed by atoms with Gasteiger partial charge in [0.05, 0.1) is 0 Å². The van der Waals surface area contributed by atoms with E-state index in [2.05, 4.69) is 0 Å². The average Bonchev–Trinajstić information content (AvgIpc) is 1.79. The number of nitrogens with zero attached hydrogens (tertiary/aromatic N) is 1. The van der Waals surface area contributed by atoms with Crippen molar-refractivity contribution in [2.24, 2.45) is 0 Å². The van der Waals surface area contributed by atoms with Gasteiger partial charge >= 0.3 is 6.03 Å². The monoisotopic (exact) mass is 74.0 g/mol. The van der Waals surface area contributed by atoms with Gasteiger partial charge < -0.3 is 0 Å². The smallest absolute Gasteiger partial charge is 0.265 e. The predicted octanol–water partition coefficient (Wildman–Crippen LogP) is -0.684. The van der Waals surface area contributed by atoms with E-state index in [0.29, 0.717) is 5.17 Å². The number of carbonyl (C=O) groups excluding carboxylic acids is 1. The van der Waals surface area contributed by atoms with Crippen molar-refractivity contribution in [2.45, 2.75) is 0 Å². The zero-order valence-electron chi connectivity index (χ0n) is 2.30. The molecule has 2 amide bonds. The minimum Gasteiger partial charge on any atom is -0.265 e. The summed E-state index contributed by atoms with van der Waals surface area (Å²) in [6.07, 6.45) is 0. The lowest BCUT2D eigenvalue weighted by Gasteiger charge is -1.63. The summed E-state index contributed by atoms with van der Waals surface area (Å²) in [7, 11) is 0. The molecular formula is CH2N2O2. The van der Waals surface area contributed by atoms with Crippen molar-refractivity contribution >= 4 is 6.03 Å². The Bertz CT molecular complexity index is 70.0. The van der Waals surface area contributed by atoms with E-state index in [0.717, 1.165) is 0 Å². The normalized spacial score (nSPS) is 18.6. The third-order valence-corrected chi connectivity index (χ3v) is 0.344. The van der Waals surface area contributed by atoms with Crippen LogP contribution in [-0.2, 0) is 0 Å². The number of hydroxylamine groups is 1. The maximum Gasteiger partial charge on any atom is 0.382 e. The molecule has 2 N–H and O–H groups in total. The van der Waals surface area contributed by atoms with Crippen LogP contribution in [0.15, 0.2) is 0 Å². The zero-order valence-corrected chi connectivity index (χ0v) is 2.30. The van der Waals surface area contributed by atoms with E-state index in [9.17, 15) is 4.79 Å². The van der Waals surface area contributed by atoms with Crippen molar-refractivity contribution in [3.8, 4) is 0 Å². The first-order chi connectivity index (χ1) is 2.30. The van der Waals surface area contributed by atoms with E-state index in [1.165, 1.54) is 0 Å². The summed E-state index contributed by atoms with van der Waals surface area (Å²) in [6.45, 7) is 0. The Morgan fingerprint density at radius 1 is 2.00 bits per heavy atom. The molecule has 0 aliphatic carbocycles. The molecule has 0 spiro atoms. The molecule has 1 fully saturated rings. The summed E-state index contributed by atoms with van der Waals surface area (Å²) in [5.41, 5.74) is 1.94. The number of nitrogens with one attached hydrogen (secondary N) is 1. The van der Waals surface area contributed by atoms with Crippen LogP contribution < -0.4 is 5.43 Å². The lowest BCUT2D eigenvalue weighted by molar-refractivity contribution is 0.0273. The Hall–Kier alpha value is -0.770. The number of amides is 2. The van der Waals surface area contributed by atoms with Gasteiger partial charge in [0.2, 0.25) is 0 Å². The van der Waals surface area contributed by atoms with E-state index >= 15 is 0 Å². The molecule has 5 heavy (non-hydrogen) atoms. The lowest BCUT2D eigenvalue weighted by Crippen LogP contribution is -1.86. The third kappa shape index (κ3) is 0.179. The quantitative estimate of drug-likeness (QED) is 0.295. The van der Waals surface area contributed by atoms with Crippen LogP contribution in [0.25, 0.3) is 0 Å². The Kier molecular flexibility index (Phi) is 0.204. The van der Waals surface area contributed by atoms with Crippen molar-refractivity contribution in [1.82, 2.24) is 10.6 Å². The average molecular weight is 74.0 g/mol. The maximum absolute atomic E-state index is 9.45. The number of urea groups is 1. The number of rotatable bonds is 0. The van der Waals surface area contributed by atoms with Gasteiger partial charge in [-0.25, -0.2) is 10.2 Å². The van der Waals surface area contributed by atoms with Crippen molar-refractivity contribution in [1.29, 1.82) is 0 Å². The minimum absolute atomic E-state index is 0.403. The van der Waals surface area contributed by atoms with Crippen molar-refractivity contribution in [3.05, 3.63) is 0 Å². The number of hydrogen-bond donors (Lipinski definition) is 2. The van der Waals surface area contributed by atoms with E-state index in [4.69, 9.17) is 5.21 Å². The summed E-state index contributed by atoms with van der Waals surface area (Å²) in [4.78, 5) is 9.45. The fourth-order valence-electron chi connectivity index (χ4n) is 0.0656. The van der Waals surface area contributed by atoms with Crippen molar-refractivity contribution in [2.75, 3.05) is 0 Å². The standard InChI is InChI=1S/CH2N2O2/c4-1-2-3(1)5/h5H,(H,2,4). The second kappa shape index (κ2) is 0.414. The van der Waals surface area contributed by atoms with Crippen molar-refractivity contribution < 1.29 is 10.0 Å². The van der Waals surface area contributed by atoms with Crippen LogP contribution in [0.2, 0.25) is 0 Å². The second-order valence-corrected chi connectivity index (χ2v) is 0.729. The molecule has 1 saturated heterocycles. The second-order valence-electron chi connectivity index (χ2n) is 0.729. The first-order valence-electron chi connectivity index (χ1n) is 1.10. The molecule has 28 valence electrons. The van der Waals surface area contributed by atoms with Gasteiger partial charge in [-0.2, -0.15) is 0 Å². The van der Waals surface area contributed by atoms with Crippen LogP contribution >= 0.6 is 0 Å². The number of hydrogen-bond acceptors (Lipinski definition) is 2. The zero-order chi connectivity index (χ0) is 3.86. The van der Waals surface area contributed by atoms with Gasteiger partial charge in [-0.3, -0.25) is 5.21 Å². The maximum atomic E-state index is 9.45. The Morgan fingerprint density at radius 2 is 2.20 bits per heavy atom. The number of carbonyl (C=O) groups is 1. The van der Waals surface area contributed by atoms with Crippen LogP contribution in [0, 0.1) is 0 Å². The molecule has 0 unspecified atom stereocenters. The molecule has 0 aromatic rings. The van der Waals surface area contributed by atoms with E-state index in [1.807, 2.05) is 5.43 Å². The highest BCUT2D eigenvalue weighted by molar-refractivity contribution is 5.83. The van der Waals surface area contributed by atoms with E-state index < -0.39 is 6.03 Å². The molecule has 1 aliphatic heterocycles. The largest absolute Gasteiger partial charge is 0.382 e. The van der Waals surface area contributed by atoms with Gasteiger partial charge in [-0.05, 0) is 0 Å².